The van der Waals surface area contributed by atoms with Gasteiger partial charge in [-0.25, -0.2) is 4.98 Å². The van der Waals surface area contributed by atoms with Gasteiger partial charge in [0.15, 0.2) is 0 Å². The lowest BCUT2D eigenvalue weighted by Gasteiger charge is -2.06. The first-order chi connectivity index (χ1) is 8.06. The molecule has 0 atom stereocenters. The van der Waals surface area contributed by atoms with Crippen LogP contribution in [0.5, 0.6) is 0 Å². The van der Waals surface area contributed by atoms with Gasteiger partial charge in [0.1, 0.15) is 18.2 Å². The molecule has 6 heteroatoms. The normalized spacial score (nSPS) is 10.5. The van der Waals surface area contributed by atoms with Gasteiger partial charge in [0.25, 0.3) is 0 Å². The van der Waals surface area contributed by atoms with Crippen LogP contribution in [-0.2, 0) is 18.4 Å². The molecule has 0 saturated carbocycles. The summed E-state index contributed by atoms with van der Waals surface area (Å²) in [7, 11) is 1.80. The predicted octanol–water partition coefficient (Wildman–Crippen LogP) is 0.872. The first-order valence-electron chi connectivity index (χ1n) is 5.34. The Kier molecular flexibility index (Phi) is 2.95. The topological polar surface area (TPSA) is 64.7 Å². The van der Waals surface area contributed by atoms with Crippen LogP contribution in [0.15, 0.2) is 18.5 Å². The molecule has 0 fully saturated rings. The van der Waals surface area contributed by atoms with Crippen molar-refractivity contribution < 1.29 is 4.79 Å². The summed E-state index contributed by atoms with van der Waals surface area (Å²) in [5, 5.41) is 6.97. The van der Waals surface area contributed by atoms with E-state index in [9.17, 15) is 4.79 Å². The summed E-state index contributed by atoms with van der Waals surface area (Å²) < 4.78 is 3.44. The zero-order valence-corrected chi connectivity index (χ0v) is 10.1. The number of anilines is 1. The molecular formula is C11H15N5O. The monoisotopic (exact) mass is 233 g/mol. The number of nitrogens with one attached hydrogen (secondary N) is 1. The molecule has 0 unspecified atom stereocenters. The molecule has 90 valence electrons. The van der Waals surface area contributed by atoms with Gasteiger partial charge in [-0.05, 0) is 13.8 Å². The van der Waals surface area contributed by atoms with Crippen LogP contribution in [0.1, 0.15) is 11.5 Å². The van der Waals surface area contributed by atoms with Crippen LogP contribution in [0, 0.1) is 13.8 Å². The number of imidazole rings is 1. The van der Waals surface area contributed by atoms with Crippen molar-refractivity contribution in [3.63, 3.8) is 0 Å². The Labute approximate surface area is 99.3 Å². The van der Waals surface area contributed by atoms with E-state index in [1.54, 1.807) is 28.7 Å². The molecule has 0 bridgehead atoms. The van der Waals surface area contributed by atoms with Gasteiger partial charge in [-0.3, -0.25) is 9.48 Å². The molecule has 6 nitrogen and oxygen atoms in total. The average Bonchev–Trinajstić information content (AvgIpc) is 2.75. The maximum absolute atomic E-state index is 11.8. The second-order valence-electron chi connectivity index (χ2n) is 3.95. The third-order valence-electron chi connectivity index (χ3n) is 2.51. The Hall–Kier alpha value is -2.11. The standard InChI is InChI=1S/C11H15N5O/c1-8-6-10(15(3)14-8)13-11(17)7-16-5-4-12-9(16)2/h4-6H,7H2,1-3H3,(H,13,17). The molecule has 0 aliphatic heterocycles. The van der Waals surface area contributed by atoms with Crippen molar-refractivity contribution in [3.8, 4) is 0 Å². The van der Waals surface area contributed by atoms with Crippen molar-refractivity contribution in [2.75, 3.05) is 5.32 Å². The maximum Gasteiger partial charge on any atom is 0.245 e. The fraction of sp³-hybridized carbons (Fsp3) is 0.364. The Balaban J connectivity index is 2.03. The number of nitrogens with zero attached hydrogens (tertiary/aromatic N) is 4. The van der Waals surface area contributed by atoms with Crippen LogP contribution in [0.25, 0.3) is 0 Å². The Morgan fingerprint density at radius 3 is 2.76 bits per heavy atom. The van der Waals surface area contributed by atoms with E-state index in [1.807, 2.05) is 19.9 Å². The van der Waals surface area contributed by atoms with Gasteiger partial charge in [0, 0.05) is 25.5 Å². The number of carbonyl (C=O) groups excluding carboxylic acids is 1. The van der Waals surface area contributed by atoms with E-state index in [1.165, 1.54) is 0 Å². The molecule has 2 aromatic heterocycles. The van der Waals surface area contributed by atoms with Crippen LogP contribution in [-0.4, -0.2) is 25.2 Å². The number of carbonyl (C=O) groups is 1. The molecule has 0 aromatic carbocycles. The van der Waals surface area contributed by atoms with E-state index in [0.717, 1.165) is 11.5 Å². The molecule has 0 aliphatic carbocycles. The molecule has 2 heterocycles. The predicted molar refractivity (Wildman–Crippen MR) is 63.5 cm³/mol. The third kappa shape index (κ3) is 2.52. The largest absolute Gasteiger partial charge is 0.326 e. The van der Waals surface area contributed by atoms with E-state index in [4.69, 9.17) is 0 Å². The van der Waals surface area contributed by atoms with Gasteiger partial charge in [0.05, 0.1) is 5.69 Å². The number of amides is 1. The third-order valence-corrected chi connectivity index (χ3v) is 2.51. The number of rotatable bonds is 3. The molecule has 1 amide bonds. The molecule has 1 N–H and O–H groups in total. The van der Waals surface area contributed by atoms with Gasteiger partial charge in [-0.2, -0.15) is 5.10 Å². The van der Waals surface area contributed by atoms with Gasteiger partial charge in [-0.1, -0.05) is 0 Å². The number of hydrogen-bond donors (Lipinski definition) is 1. The van der Waals surface area contributed by atoms with Crippen LogP contribution in [0.3, 0.4) is 0 Å². The first-order valence-corrected chi connectivity index (χ1v) is 5.34. The number of aryl methyl sites for hydroxylation is 3. The highest BCUT2D eigenvalue weighted by Crippen LogP contribution is 2.08. The van der Waals surface area contributed by atoms with Crippen LogP contribution < -0.4 is 5.32 Å². The number of aromatic nitrogens is 4. The molecule has 2 aromatic rings. The molecule has 0 radical (unpaired) electrons. The lowest BCUT2D eigenvalue weighted by molar-refractivity contribution is -0.116. The molecular weight excluding hydrogens is 218 g/mol. The van der Waals surface area contributed by atoms with Crippen molar-refractivity contribution in [1.29, 1.82) is 0 Å². The highest BCUT2D eigenvalue weighted by atomic mass is 16.2. The van der Waals surface area contributed by atoms with Crippen molar-refractivity contribution in [2.45, 2.75) is 20.4 Å². The Morgan fingerprint density at radius 2 is 2.24 bits per heavy atom. The summed E-state index contributed by atoms with van der Waals surface area (Å²) in [6, 6.07) is 1.83. The fourth-order valence-electron chi connectivity index (χ4n) is 1.64. The van der Waals surface area contributed by atoms with Crippen molar-refractivity contribution in [3.05, 3.63) is 30.0 Å². The minimum atomic E-state index is -0.0888. The summed E-state index contributed by atoms with van der Waals surface area (Å²) in [4.78, 5) is 15.9. The van der Waals surface area contributed by atoms with Crippen LogP contribution in [0.4, 0.5) is 5.82 Å². The second-order valence-corrected chi connectivity index (χ2v) is 3.95. The van der Waals surface area contributed by atoms with Crippen molar-refractivity contribution in [1.82, 2.24) is 19.3 Å². The van der Waals surface area contributed by atoms with E-state index in [2.05, 4.69) is 15.4 Å². The van der Waals surface area contributed by atoms with E-state index >= 15 is 0 Å². The lowest BCUT2D eigenvalue weighted by atomic mass is 10.4. The summed E-state index contributed by atoms with van der Waals surface area (Å²) >= 11 is 0. The van der Waals surface area contributed by atoms with Crippen LogP contribution >= 0.6 is 0 Å². The molecule has 0 spiro atoms. The van der Waals surface area contributed by atoms with Gasteiger partial charge in [0.2, 0.25) is 5.91 Å². The number of hydrogen-bond acceptors (Lipinski definition) is 3. The SMILES string of the molecule is Cc1cc(NC(=O)Cn2ccnc2C)n(C)n1. The highest BCUT2D eigenvalue weighted by molar-refractivity contribution is 5.89. The molecule has 2 rings (SSSR count). The fourth-order valence-corrected chi connectivity index (χ4v) is 1.64. The van der Waals surface area contributed by atoms with Gasteiger partial charge in [-0.15, -0.1) is 0 Å². The Bertz CT molecular complexity index is 540. The zero-order chi connectivity index (χ0) is 12.4. The molecule has 17 heavy (non-hydrogen) atoms. The Morgan fingerprint density at radius 1 is 1.47 bits per heavy atom. The highest BCUT2D eigenvalue weighted by Gasteiger charge is 2.08. The summed E-state index contributed by atoms with van der Waals surface area (Å²) in [6.45, 7) is 4.01. The summed E-state index contributed by atoms with van der Waals surface area (Å²) in [5.41, 5.74) is 0.876. The smallest absolute Gasteiger partial charge is 0.245 e. The minimum absolute atomic E-state index is 0.0888. The van der Waals surface area contributed by atoms with E-state index < -0.39 is 0 Å². The second kappa shape index (κ2) is 4.40. The maximum atomic E-state index is 11.8. The quantitative estimate of drug-likeness (QED) is 0.855. The minimum Gasteiger partial charge on any atom is -0.326 e. The summed E-state index contributed by atoms with van der Waals surface area (Å²) in [5.74, 6) is 1.43. The summed E-state index contributed by atoms with van der Waals surface area (Å²) in [6.07, 6.45) is 3.46. The zero-order valence-electron chi connectivity index (χ0n) is 10.1. The van der Waals surface area contributed by atoms with Crippen LogP contribution in [0.2, 0.25) is 0 Å². The van der Waals surface area contributed by atoms with Gasteiger partial charge >= 0.3 is 0 Å². The van der Waals surface area contributed by atoms with Crippen molar-refractivity contribution >= 4 is 11.7 Å². The van der Waals surface area contributed by atoms with E-state index in [-0.39, 0.29) is 12.5 Å². The first kappa shape index (κ1) is 11.4. The molecule has 0 aliphatic rings. The average molecular weight is 233 g/mol. The van der Waals surface area contributed by atoms with Crippen molar-refractivity contribution in [2.24, 2.45) is 7.05 Å². The van der Waals surface area contributed by atoms with Gasteiger partial charge < -0.3 is 9.88 Å². The molecule has 0 saturated heterocycles. The van der Waals surface area contributed by atoms with E-state index in [0.29, 0.717) is 5.82 Å². The lowest BCUT2D eigenvalue weighted by Crippen LogP contribution is -2.20.